The van der Waals surface area contributed by atoms with Crippen LogP contribution in [0.25, 0.3) is 0 Å². The molecular weight excluding hydrogens is 270 g/mol. The average Bonchev–Trinajstić information content (AvgIpc) is 2.72. The van der Waals surface area contributed by atoms with Gasteiger partial charge >= 0.3 is 0 Å². The SMILES string of the molecule is NCCCOCc1cc(Br)cc2c1OCC2. The number of rotatable bonds is 5. The van der Waals surface area contributed by atoms with Gasteiger partial charge in [-0.1, -0.05) is 15.9 Å². The lowest BCUT2D eigenvalue weighted by Gasteiger charge is -2.09. The lowest BCUT2D eigenvalue weighted by Crippen LogP contribution is -2.04. The molecule has 0 aromatic heterocycles. The summed E-state index contributed by atoms with van der Waals surface area (Å²) in [5, 5.41) is 0. The Bertz CT molecular complexity index is 368. The van der Waals surface area contributed by atoms with Gasteiger partial charge in [0, 0.05) is 23.1 Å². The van der Waals surface area contributed by atoms with Crippen molar-refractivity contribution >= 4 is 15.9 Å². The number of benzene rings is 1. The van der Waals surface area contributed by atoms with Crippen LogP contribution in [0.5, 0.6) is 5.75 Å². The number of fused-ring (bicyclic) bond motifs is 1. The van der Waals surface area contributed by atoms with Gasteiger partial charge in [0.2, 0.25) is 0 Å². The highest BCUT2D eigenvalue weighted by atomic mass is 79.9. The lowest BCUT2D eigenvalue weighted by atomic mass is 10.1. The maximum absolute atomic E-state index is 5.62. The molecule has 2 N–H and O–H groups in total. The molecule has 88 valence electrons. The van der Waals surface area contributed by atoms with E-state index in [0.29, 0.717) is 19.8 Å². The van der Waals surface area contributed by atoms with Gasteiger partial charge in [-0.15, -0.1) is 0 Å². The van der Waals surface area contributed by atoms with E-state index < -0.39 is 0 Å². The van der Waals surface area contributed by atoms with Crippen LogP contribution in [0.4, 0.5) is 0 Å². The minimum atomic E-state index is 0.599. The molecule has 1 heterocycles. The number of nitrogens with two attached hydrogens (primary N) is 1. The first kappa shape index (κ1) is 11.9. The third-order valence-electron chi connectivity index (χ3n) is 2.58. The molecule has 0 saturated carbocycles. The maximum atomic E-state index is 5.62. The third-order valence-corrected chi connectivity index (χ3v) is 3.03. The maximum Gasteiger partial charge on any atom is 0.128 e. The minimum absolute atomic E-state index is 0.599. The fraction of sp³-hybridized carbons (Fsp3) is 0.500. The van der Waals surface area contributed by atoms with Gasteiger partial charge < -0.3 is 15.2 Å². The van der Waals surface area contributed by atoms with Crippen molar-refractivity contribution in [3.8, 4) is 5.75 Å². The van der Waals surface area contributed by atoms with Crippen molar-refractivity contribution in [3.63, 3.8) is 0 Å². The van der Waals surface area contributed by atoms with E-state index in [2.05, 4.69) is 28.1 Å². The van der Waals surface area contributed by atoms with Crippen molar-refractivity contribution < 1.29 is 9.47 Å². The van der Waals surface area contributed by atoms with Crippen molar-refractivity contribution in [1.29, 1.82) is 0 Å². The summed E-state index contributed by atoms with van der Waals surface area (Å²) in [7, 11) is 0. The van der Waals surface area contributed by atoms with Crippen molar-refractivity contribution in [2.75, 3.05) is 19.8 Å². The Labute approximate surface area is 104 Å². The first-order valence-corrected chi connectivity index (χ1v) is 6.32. The van der Waals surface area contributed by atoms with Crippen LogP contribution < -0.4 is 10.5 Å². The van der Waals surface area contributed by atoms with Gasteiger partial charge in [0.05, 0.1) is 13.2 Å². The summed E-state index contributed by atoms with van der Waals surface area (Å²) in [5.74, 6) is 1.01. The van der Waals surface area contributed by atoms with Crippen LogP contribution in [0.15, 0.2) is 16.6 Å². The third kappa shape index (κ3) is 2.75. The van der Waals surface area contributed by atoms with Crippen LogP contribution in [-0.4, -0.2) is 19.8 Å². The standard InChI is InChI=1S/C12H16BrNO2/c13-11-6-9-2-5-16-12(9)10(7-11)8-15-4-1-3-14/h6-7H,1-5,8,14H2. The summed E-state index contributed by atoms with van der Waals surface area (Å²) in [5.41, 5.74) is 7.80. The normalized spacial score (nSPS) is 13.6. The largest absolute Gasteiger partial charge is 0.493 e. The van der Waals surface area contributed by atoms with E-state index in [9.17, 15) is 0 Å². The molecule has 3 nitrogen and oxygen atoms in total. The number of ether oxygens (including phenoxy) is 2. The highest BCUT2D eigenvalue weighted by molar-refractivity contribution is 9.10. The molecule has 1 aliphatic heterocycles. The fourth-order valence-electron chi connectivity index (χ4n) is 1.82. The van der Waals surface area contributed by atoms with Gasteiger partial charge in [-0.3, -0.25) is 0 Å². The zero-order valence-electron chi connectivity index (χ0n) is 9.17. The molecular formula is C12H16BrNO2. The second kappa shape index (κ2) is 5.66. The highest BCUT2D eigenvalue weighted by Crippen LogP contribution is 2.33. The van der Waals surface area contributed by atoms with E-state index in [4.69, 9.17) is 15.2 Å². The molecule has 0 spiro atoms. The second-order valence-corrected chi connectivity index (χ2v) is 4.76. The number of hydrogen-bond donors (Lipinski definition) is 1. The van der Waals surface area contributed by atoms with E-state index in [1.807, 2.05) is 0 Å². The smallest absolute Gasteiger partial charge is 0.128 e. The lowest BCUT2D eigenvalue weighted by molar-refractivity contribution is 0.118. The molecule has 0 fully saturated rings. The molecule has 0 amide bonds. The van der Waals surface area contributed by atoms with Gasteiger partial charge in [0.15, 0.2) is 0 Å². The van der Waals surface area contributed by atoms with Crippen molar-refractivity contribution in [1.82, 2.24) is 0 Å². The van der Waals surface area contributed by atoms with Crippen LogP contribution in [0, 0.1) is 0 Å². The van der Waals surface area contributed by atoms with E-state index in [1.165, 1.54) is 5.56 Å². The number of halogens is 1. The summed E-state index contributed by atoms with van der Waals surface area (Å²) in [6.07, 6.45) is 1.89. The molecule has 1 aromatic rings. The minimum Gasteiger partial charge on any atom is -0.493 e. The molecule has 1 aliphatic rings. The van der Waals surface area contributed by atoms with E-state index in [0.717, 1.165) is 35.2 Å². The molecule has 0 radical (unpaired) electrons. The Balaban J connectivity index is 2.03. The first-order valence-electron chi connectivity index (χ1n) is 5.53. The van der Waals surface area contributed by atoms with Crippen molar-refractivity contribution in [3.05, 3.63) is 27.7 Å². The van der Waals surface area contributed by atoms with Gasteiger partial charge in [0.1, 0.15) is 5.75 Å². The zero-order chi connectivity index (χ0) is 11.4. The van der Waals surface area contributed by atoms with Gasteiger partial charge in [-0.2, -0.15) is 0 Å². The zero-order valence-corrected chi connectivity index (χ0v) is 10.8. The molecule has 2 rings (SSSR count). The Morgan fingerprint density at radius 1 is 1.44 bits per heavy atom. The molecule has 16 heavy (non-hydrogen) atoms. The van der Waals surface area contributed by atoms with E-state index in [-0.39, 0.29) is 0 Å². The van der Waals surface area contributed by atoms with Gasteiger partial charge in [-0.05, 0) is 30.7 Å². The van der Waals surface area contributed by atoms with Crippen molar-refractivity contribution in [2.45, 2.75) is 19.4 Å². The summed E-state index contributed by atoms with van der Waals surface area (Å²) >= 11 is 3.51. The van der Waals surface area contributed by atoms with Crippen LogP contribution in [0.3, 0.4) is 0 Å². The molecule has 0 unspecified atom stereocenters. The Morgan fingerprint density at radius 2 is 2.31 bits per heavy atom. The molecule has 0 aliphatic carbocycles. The topological polar surface area (TPSA) is 44.5 Å². The molecule has 0 atom stereocenters. The molecule has 1 aromatic carbocycles. The molecule has 4 heteroatoms. The molecule has 0 saturated heterocycles. The van der Waals surface area contributed by atoms with Crippen LogP contribution >= 0.6 is 15.9 Å². The highest BCUT2D eigenvalue weighted by Gasteiger charge is 2.17. The predicted octanol–water partition coefficient (Wildman–Crippen LogP) is 2.25. The van der Waals surface area contributed by atoms with E-state index >= 15 is 0 Å². The first-order chi connectivity index (χ1) is 7.81. The van der Waals surface area contributed by atoms with Crippen LogP contribution in [0.2, 0.25) is 0 Å². The fourth-order valence-corrected chi connectivity index (χ4v) is 2.37. The second-order valence-electron chi connectivity index (χ2n) is 3.85. The summed E-state index contributed by atoms with van der Waals surface area (Å²) < 4.78 is 12.3. The summed E-state index contributed by atoms with van der Waals surface area (Å²) in [4.78, 5) is 0. The van der Waals surface area contributed by atoms with Crippen LogP contribution in [-0.2, 0) is 17.8 Å². The van der Waals surface area contributed by atoms with E-state index in [1.54, 1.807) is 0 Å². The Hall–Kier alpha value is -0.580. The Kier molecular flexibility index (Phi) is 4.21. The quantitative estimate of drug-likeness (QED) is 0.844. The summed E-state index contributed by atoms with van der Waals surface area (Å²) in [6.45, 7) is 2.76. The molecule has 0 bridgehead atoms. The Morgan fingerprint density at radius 3 is 3.12 bits per heavy atom. The summed E-state index contributed by atoms with van der Waals surface area (Å²) in [6, 6.07) is 4.18. The number of hydrogen-bond acceptors (Lipinski definition) is 3. The van der Waals surface area contributed by atoms with Crippen LogP contribution in [0.1, 0.15) is 17.5 Å². The monoisotopic (exact) mass is 285 g/mol. The average molecular weight is 286 g/mol. The van der Waals surface area contributed by atoms with Gasteiger partial charge in [0.25, 0.3) is 0 Å². The predicted molar refractivity (Wildman–Crippen MR) is 66.7 cm³/mol. The van der Waals surface area contributed by atoms with Gasteiger partial charge in [-0.25, -0.2) is 0 Å². The van der Waals surface area contributed by atoms with Crippen molar-refractivity contribution in [2.24, 2.45) is 5.73 Å².